The molecule has 2 rings (SSSR count). The number of aliphatic hydroxyl groups excluding tert-OH is 11. The maximum atomic E-state index is 13.4. The van der Waals surface area contributed by atoms with Crippen molar-refractivity contribution >= 4 is 5.91 Å². The fraction of sp³-hybridized carbons (Fsp3) is 0.982. The number of nitrogens with one attached hydrogen (secondary N) is 1. The normalized spacial score (nSPS) is 26.8. The van der Waals surface area contributed by atoms with E-state index in [-0.39, 0.29) is 12.8 Å². The highest BCUT2D eigenvalue weighted by Crippen LogP contribution is 2.30. The van der Waals surface area contributed by atoms with Gasteiger partial charge in [-0.3, -0.25) is 4.79 Å². The van der Waals surface area contributed by atoms with Crippen molar-refractivity contribution in [2.45, 2.75) is 324 Å². The van der Waals surface area contributed by atoms with Gasteiger partial charge in [-0.15, -0.1) is 0 Å². The topological polar surface area (TPSA) is 289 Å². The van der Waals surface area contributed by atoms with Crippen molar-refractivity contribution in [3.8, 4) is 0 Å². The van der Waals surface area contributed by atoms with Crippen molar-refractivity contribution in [1.29, 1.82) is 0 Å². The van der Waals surface area contributed by atoms with Gasteiger partial charge >= 0.3 is 0 Å². The highest BCUT2D eigenvalue weighted by molar-refractivity contribution is 5.81. The van der Waals surface area contributed by atoms with Gasteiger partial charge in [0, 0.05) is 0 Å². The summed E-state index contributed by atoms with van der Waals surface area (Å²) in [6.07, 6.45) is 15.3. The highest BCUT2D eigenvalue weighted by Gasteiger charge is 2.51. The molecule has 2 saturated heterocycles. The summed E-state index contributed by atoms with van der Waals surface area (Å²) in [4.78, 5) is 13.4. The molecule has 0 unspecified atom stereocenters. The third-order valence-electron chi connectivity index (χ3n) is 14.9. The summed E-state index contributed by atoms with van der Waals surface area (Å²) < 4.78 is 22.5. The maximum Gasteiger partial charge on any atom is 0.251 e. The Balaban J connectivity index is 1.86. The summed E-state index contributed by atoms with van der Waals surface area (Å²) in [6, 6.07) is -1.39. The van der Waals surface area contributed by atoms with E-state index in [4.69, 9.17) is 18.9 Å². The Morgan fingerprint density at radius 1 is 0.458 bits per heavy atom. The fourth-order valence-electron chi connectivity index (χ4n) is 9.96. The Morgan fingerprint density at radius 3 is 1.22 bits per heavy atom. The zero-order chi connectivity index (χ0) is 52.9. The van der Waals surface area contributed by atoms with Gasteiger partial charge in [0.1, 0.15) is 54.9 Å². The van der Waals surface area contributed by atoms with E-state index in [1.165, 1.54) is 141 Å². The molecule has 1 amide bonds. The molecule has 2 fully saturated rings. The van der Waals surface area contributed by atoms with E-state index in [1.54, 1.807) is 0 Å². The largest absolute Gasteiger partial charge is 0.394 e. The van der Waals surface area contributed by atoms with Gasteiger partial charge in [-0.25, -0.2) is 0 Å². The van der Waals surface area contributed by atoms with E-state index < -0.39 is 118 Å². The lowest BCUT2D eigenvalue weighted by atomic mass is 9.97. The van der Waals surface area contributed by atoms with Crippen molar-refractivity contribution in [2.24, 2.45) is 0 Å². The number of ether oxygens (including phenoxy) is 4. The summed E-state index contributed by atoms with van der Waals surface area (Å²) in [7, 11) is 0. The van der Waals surface area contributed by atoms with Crippen LogP contribution in [0.25, 0.3) is 0 Å². The first kappa shape index (κ1) is 67.0. The Labute approximate surface area is 433 Å². The summed E-state index contributed by atoms with van der Waals surface area (Å²) in [6.45, 7) is 2.30. The van der Waals surface area contributed by atoms with Gasteiger partial charge in [-0.2, -0.15) is 0 Å². The van der Waals surface area contributed by atoms with Gasteiger partial charge in [0.25, 0.3) is 5.91 Å². The fourth-order valence-corrected chi connectivity index (χ4v) is 9.96. The van der Waals surface area contributed by atoms with Crippen LogP contribution in [0.3, 0.4) is 0 Å². The molecule has 0 bridgehead atoms. The van der Waals surface area contributed by atoms with Gasteiger partial charge in [0.15, 0.2) is 18.7 Å². The van der Waals surface area contributed by atoms with Crippen LogP contribution in [-0.2, 0) is 23.7 Å². The highest BCUT2D eigenvalue weighted by atomic mass is 16.7. The molecule has 0 aromatic heterocycles. The van der Waals surface area contributed by atoms with Crippen LogP contribution in [0.4, 0.5) is 0 Å². The number of amides is 1. The smallest absolute Gasteiger partial charge is 0.251 e. The minimum Gasteiger partial charge on any atom is -0.394 e. The minimum atomic E-state index is -1.89. The van der Waals surface area contributed by atoms with E-state index in [0.717, 1.165) is 51.4 Å². The number of carbonyl (C=O) groups is 1. The van der Waals surface area contributed by atoms with Crippen molar-refractivity contribution in [3.63, 3.8) is 0 Å². The van der Waals surface area contributed by atoms with E-state index >= 15 is 0 Å². The van der Waals surface area contributed by atoms with E-state index in [9.17, 15) is 61.0 Å². The molecule has 2 aliphatic heterocycles. The van der Waals surface area contributed by atoms with Crippen LogP contribution in [-0.4, -0.2) is 174 Å². The second-order valence-electron chi connectivity index (χ2n) is 21.2. The number of rotatable bonds is 46. The van der Waals surface area contributed by atoms with Crippen molar-refractivity contribution in [1.82, 2.24) is 5.32 Å². The Kier molecular flexibility index (Phi) is 39.0. The third kappa shape index (κ3) is 27.3. The number of carbonyl (C=O) groups excluding carboxylic acids is 1. The minimum absolute atomic E-state index is 0.174. The lowest BCUT2D eigenvalue weighted by Crippen LogP contribution is -2.65. The van der Waals surface area contributed by atoms with Crippen LogP contribution in [0.5, 0.6) is 0 Å². The predicted molar refractivity (Wildman–Crippen MR) is 277 cm³/mol. The monoisotopic (exact) mass is 1040 g/mol. The SMILES string of the molecule is CCCCCCCCCCCCCCCCCCCCC[C@H](O)[C@@H](O)C(=O)N[C@@H](CO[C@@H]1O[C@H](CO)[C@@H](O[C@@H]2O[C@H](CO)[C@H](O)[C@H](O)[C@H]2O)[C@H](O)[C@H]1O)[C@H](O)[C@H](O)CCCCCCCCCCCCCCC. The molecule has 12 N–H and O–H groups in total. The summed E-state index contributed by atoms with van der Waals surface area (Å²) in [5.41, 5.74) is 0. The van der Waals surface area contributed by atoms with Crippen LogP contribution in [0, 0.1) is 0 Å². The van der Waals surface area contributed by atoms with Gasteiger partial charge < -0.3 is 80.4 Å². The second kappa shape index (κ2) is 42.0. The molecular formula is C55H107NO16. The van der Waals surface area contributed by atoms with E-state index in [1.807, 2.05) is 0 Å². The molecule has 0 aromatic carbocycles. The summed E-state index contributed by atoms with van der Waals surface area (Å²) in [5, 5.41) is 120. The molecule has 0 saturated carbocycles. The second-order valence-corrected chi connectivity index (χ2v) is 21.2. The first-order valence-corrected chi connectivity index (χ1v) is 29.0. The third-order valence-corrected chi connectivity index (χ3v) is 14.9. The number of hydrogen-bond donors (Lipinski definition) is 12. The average Bonchev–Trinajstić information content (AvgIpc) is 3.38. The number of aliphatic hydroxyl groups is 11. The van der Waals surface area contributed by atoms with Crippen LogP contribution in [0.1, 0.15) is 232 Å². The average molecular weight is 1040 g/mol. The maximum absolute atomic E-state index is 13.4. The van der Waals surface area contributed by atoms with Crippen molar-refractivity contribution in [3.05, 3.63) is 0 Å². The Hall–Kier alpha value is -1.13. The zero-order valence-electron chi connectivity index (χ0n) is 44.8. The molecular weight excluding hydrogens is 931 g/mol. The molecule has 15 atom stereocenters. The van der Waals surface area contributed by atoms with E-state index in [2.05, 4.69) is 19.2 Å². The molecule has 17 heteroatoms. The lowest BCUT2D eigenvalue weighted by Gasteiger charge is -2.46. The van der Waals surface area contributed by atoms with Crippen LogP contribution >= 0.6 is 0 Å². The molecule has 2 aliphatic rings. The van der Waals surface area contributed by atoms with Crippen LogP contribution in [0.2, 0.25) is 0 Å². The number of hydrogen-bond acceptors (Lipinski definition) is 16. The van der Waals surface area contributed by atoms with Gasteiger partial charge in [0.05, 0.1) is 38.1 Å². The molecule has 2 heterocycles. The number of unbranched alkanes of at least 4 members (excludes halogenated alkanes) is 30. The van der Waals surface area contributed by atoms with Crippen LogP contribution in [0.15, 0.2) is 0 Å². The van der Waals surface area contributed by atoms with Gasteiger partial charge in [-0.1, -0.05) is 219 Å². The lowest BCUT2D eigenvalue weighted by molar-refractivity contribution is -0.359. The standard InChI is InChI=1S/C55H107NO16/c1-3-5-7-9-11-13-15-17-18-19-20-21-22-24-26-28-30-32-34-36-42(60)46(62)53(68)56-40(45(61)41(59)35-33-31-29-27-25-23-16-14-12-10-8-6-4-2)39-69-54-51(67)49(65)52(44(38-58)71-54)72-55-50(66)48(64)47(63)43(37-57)70-55/h40-52,54-55,57-67H,3-39H2,1-2H3,(H,56,68)/t40-,41+,42-,43+,44+,45-,46+,47-,48-,49+,50+,51+,52+,54+,55-/m0/s1. The summed E-state index contributed by atoms with van der Waals surface area (Å²) in [5.74, 6) is -1.01. The van der Waals surface area contributed by atoms with Gasteiger partial charge in [0.2, 0.25) is 0 Å². The first-order valence-electron chi connectivity index (χ1n) is 29.0. The quantitative estimate of drug-likeness (QED) is 0.0318. The molecule has 17 nitrogen and oxygen atoms in total. The van der Waals surface area contributed by atoms with Crippen LogP contribution < -0.4 is 5.32 Å². The molecule has 72 heavy (non-hydrogen) atoms. The van der Waals surface area contributed by atoms with Crippen molar-refractivity contribution in [2.75, 3.05) is 19.8 Å². The molecule has 0 spiro atoms. The Bertz CT molecular complexity index is 1270. The van der Waals surface area contributed by atoms with Gasteiger partial charge in [-0.05, 0) is 12.8 Å². The van der Waals surface area contributed by atoms with Crippen molar-refractivity contribution < 1.29 is 79.9 Å². The molecule has 0 aromatic rings. The molecule has 428 valence electrons. The summed E-state index contributed by atoms with van der Waals surface area (Å²) >= 11 is 0. The molecule has 0 aliphatic carbocycles. The van der Waals surface area contributed by atoms with E-state index in [0.29, 0.717) is 12.8 Å². The first-order chi connectivity index (χ1) is 34.8. The molecule has 0 radical (unpaired) electrons. The zero-order valence-corrected chi connectivity index (χ0v) is 44.8. The predicted octanol–water partition coefficient (Wildman–Crippen LogP) is 5.86. The Morgan fingerprint density at radius 2 is 0.819 bits per heavy atom.